The molecule has 0 amide bonds. The van der Waals surface area contributed by atoms with Crippen LogP contribution in [0.25, 0.3) is 5.65 Å². The fourth-order valence-corrected chi connectivity index (χ4v) is 2.81. The van der Waals surface area contributed by atoms with E-state index in [2.05, 4.69) is 9.88 Å². The number of rotatable bonds is 3. The van der Waals surface area contributed by atoms with Crippen molar-refractivity contribution in [2.45, 2.75) is 26.1 Å². The van der Waals surface area contributed by atoms with Crippen LogP contribution in [0, 0.1) is 5.92 Å². The molecule has 1 aliphatic heterocycles. The summed E-state index contributed by atoms with van der Waals surface area (Å²) in [6.45, 7) is 3.49. The highest BCUT2D eigenvalue weighted by atomic mass is 16.3. The normalized spacial score (nSPS) is 21.2. The Kier molecular flexibility index (Phi) is 3.16. The smallest absolute Gasteiger partial charge is 0.153 e. The Morgan fingerprint density at radius 2 is 2.32 bits per heavy atom. The van der Waals surface area contributed by atoms with Crippen molar-refractivity contribution in [3.63, 3.8) is 0 Å². The zero-order chi connectivity index (χ0) is 13.4. The molecule has 1 aliphatic rings. The number of fused-ring (bicyclic) bond motifs is 1. The largest absolute Gasteiger partial charge is 0.393 e. The van der Waals surface area contributed by atoms with E-state index in [4.69, 9.17) is 0 Å². The summed E-state index contributed by atoms with van der Waals surface area (Å²) in [5.74, 6) is 1.13. The summed E-state index contributed by atoms with van der Waals surface area (Å²) in [4.78, 5) is 6.77. The Bertz CT molecular complexity index is 579. The number of imidazole rings is 1. The monoisotopic (exact) mass is 261 g/mol. The molecule has 3 rings (SSSR count). The van der Waals surface area contributed by atoms with Gasteiger partial charge in [-0.2, -0.15) is 0 Å². The predicted molar refractivity (Wildman–Crippen MR) is 73.1 cm³/mol. The second-order valence-corrected chi connectivity index (χ2v) is 5.20. The van der Waals surface area contributed by atoms with E-state index in [-0.39, 0.29) is 18.6 Å². The van der Waals surface area contributed by atoms with Gasteiger partial charge in [-0.05, 0) is 25.5 Å². The van der Waals surface area contributed by atoms with Crippen LogP contribution in [0.4, 0.5) is 5.82 Å². The van der Waals surface area contributed by atoms with Crippen LogP contribution < -0.4 is 4.90 Å². The van der Waals surface area contributed by atoms with Crippen molar-refractivity contribution < 1.29 is 10.2 Å². The highest BCUT2D eigenvalue weighted by molar-refractivity contribution is 5.56. The minimum atomic E-state index is -0.292. The van der Waals surface area contributed by atoms with Crippen LogP contribution in [0.5, 0.6) is 0 Å². The highest BCUT2D eigenvalue weighted by Gasteiger charge is 2.29. The van der Waals surface area contributed by atoms with E-state index < -0.39 is 0 Å². The zero-order valence-corrected chi connectivity index (χ0v) is 11.0. The van der Waals surface area contributed by atoms with Crippen molar-refractivity contribution in [1.82, 2.24) is 9.38 Å². The molecule has 0 saturated carbocycles. The summed E-state index contributed by atoms with van der Waals surface area (Å²) < 4.78 is 1.92. The number of aromatic nitrogens is 2. The lowest BCUT2D eigenvalue weighted by Crippen LogP contribution is -2.25. The molecule has 5 heteroatoms. The molecule has 0 aliphatic carbocycles. The van der Waals surface area contributed by atoms with Crippen LogP contribution in [0.3, 0.4) is 0 Å². The van der Waals surface area contributed by atoms with E-state index in [0.29, 0.717) is 0 Å². The van der Waals surface area contributed by atoms with Crippen molar-refractivity contribution in [2.24, 2.45) is 5.92 Å². The molecule has 3 heterocycles. The Balaban J connectivity index is 1.97. The van der Waals surface area contributed by atoms with Crippen LogP contribution in [0.1, 0.15) is 19.0 Å². The molecule has 0 spiro atoms. The quantitative estimate of drug-likeness (QED) is 0.866. The number of hydrogen-bond donors (Lipinski definition) is 2. The summed E-state index contributed by atoms with van der Waals surface area (Å²) in [7, 11) is 0. The van der Waals surface area contributed by atoms with Crippen LogP contribution in [0.15, 0.2) is 24.4 Å². The lowest BCUT2D eigenvalue weighted by atomic mass is 10.0. The number of anilines is 1. The zero-order valence-electron chi connectivity index (χ0n) is 11.0. The Labute approximate surface area is 112 Å². The first kappa shape index (κ1) is 12.4. The molecule has 0 radical (unpaired) electrons. The van der Waals surface area contributed by atoms with Gasteiger partial charge in [0.1, 0.15) is 5.65 Å². The molecule has 2 N–H and O–H groups in total. The number of hydrogen-bond acceptors (Lipinski definition) is 4. The Morgan fingerprint density at radius 1 is 1.47 bits per heavy atom. The molecule has 0 bridgehead atoms. The molecule has 1 saturated heterocycles. The number of aliphatic hydroxyl groups excluding tert-OH is 2. The van der Waals surface area contributed by atoms with E-state index in [9.17, 15) is 10.2 Å². The van der Waals surface area contributed by atoms with Gasteiger partial charge in [0.15, 0.2) is 5.82 Å². The minimum absolute atomic E-state index is 0.0314. The summed E-state index contributed by atoms with van der Waals surface area (Å²) in [6.07, 6.45) is 2.59. The third-order valence-electron chi connectivity index (χ3n) is 3.96. The van der Waals surface area contributed by atoms with Crippen LogP contribution in [-0.2, 0) is 6.61 Å². The maximum atomic E-state index is 9.68. The van der Waals surface area contributed by atoms with E-state index in [0.717, 1.165) is 36.7 Å². The van der Waals surface area contributed by atoms with E-state index in [1.165, 1.54) is 0 Å². The van der Waals surface area contributed by atoms with Gasteiger partial charge in [-0.25, -0.2) is 4.98 Å². The van der Waals surface area contributed by atoms with Gasteiger partial charge in [0.2, 0.25) is 0 Å². The third-order valence-corrected chi connectivity index (χ3v) is 3.96. The van der Waals surface area contributed by atoms with Crippen LogP contribution in [0.2, 0.25) is 0 Å². The SMILES string of the molecule is CC(O)C1CCN(c2nc3ccccn3c2CO)C1. The van der Waals surface area contributed by atoms with Gasteiger partial charge in [0.05, 0.1) is 18.4 Å². The van der Waals surface area contributed by atoms with Crippen molar-refractivity contribution in [1.29, 1.82) is 0 Å². The van der Waals surface area contributed by atoms with Crippen molar-refractivity contribution in [3.8, 4) is 0 Å². The molecular formula is C14H19N3O2. The fraction of sp³-hybridized carbons (Fsp3) is 0.500. The highest BCUT2D eigenvalue weighted by Crippen LogP contribution is 2.28. The standard InChI is InChI=1S/C14H19N3O2/c1-10(19)11-5-7-16(8-11)14-12(9-18)17-6-3-2-4-13(17)15-14/h2-4,6,10-11,18-19H,5,7-9H2,1H3. The molecule has 19 heavy (non-hydrogen) atoms. The molecule has 2 unspecified atom stereocenters. The predicted octanol–water partition coefficient (Wildman–Crippen LogP) is 1.03. The first-order chi connectivity index (χ1) is 9.20. The van der Waals surface area contributed by atoms with Gasteiger partial charge in [0, 0.05) is 25.2 Å². The van der Waals surface area contributed by atoms with E-state index in [1.54, 1.807) is 0 Å². The molecule has 2 aromatic rings. The van der Waals surface area contributed by atoms with Crippen LogP contribution in [-0.4, -0.2) is 38.8 Å². The van der Waals surface area contributed by atoms with Crippen molar-refractivity contribution in [2.75, 3.05) is 18.0 Å². The van der Waals surface area contributed by atoms with Gasteiger partial charge < -0.3 is 15.1 Å². The first-order valence-electron chi connectivity index (χ1n) is 6.70. The van der Waals surface area contributed by atoms with Crippen molar-refractivity contribution >= 4 is 11.5 Å². The molecule has 2 aromatic heterocycles. The summed E-state index contributed by atoms with van der Waals surface area (Å²) in [6, 6.07) is 5.81. The molecule has 1 fully saturated rings. The van der Waals surface area contributed by atoms with Gasteiger partial charge in [-0.15, -0.1) is 0 Å². The van der Waals surface area contributed by atoms with Gasteiger partial charge in [-0.3, -0.25) is 4.40 Å². The second kappa shape index (κ2) is 4.83. The topological polar surface area (TPSA) is 61.0 Å². The second-order valence-electron chi connectivity index (χ2n) is 5.20. The molecule has 0 aromatic carbocycles. The molecule has 102 valence electrons. The number of nitrogens with zero attached hydrogens (tertiary/aromatic N) is 3. The van der Waals surface area contributed by atoms with Gasteiger partial charge >= 0.3 is 0 Å². The van der Waals surface area contributed by atoms with E-state index in [1.807, 2.05) is 35.7 Å². The Morgan fingerprint density at radius 3 is 3.00 bits per heavy atom. The average molecular weight is 261 g/mol. The van der Waals surface area contributed by atoms with E-state index >= 15 is 0 Å². The third kappa shape index (κ3) is 2.09. The van der Waals surface area contributed by atoms with Gasteiger partial charge in [-0.1, -0.05) is 6.07 Å². The van der Waals surface area contributed by atoms with Crippen LogP contribution >= 0.6 is 0 Å². The first-order valence-corrected chi connectivity index (χ1v) is 6.70. The summed E-state index contributed by atoms with van der Waals surface area (Å²) >= 11 is 0. The number of pyridine rings is 1. The maximum Gasteiger partial charge on any atom is 0.153 e. The van der Waals surface area contributed by atoms with Crippen molar-refractivity contribution in [3.05, 3.63) is 30.1 Å². The lowest BCUT2D eigenvalue weighted by Gasteiger charge is -2.18. The average Bonchev–Trinajstić information content (AvgIpc) is 3.02. The fourth-order valence-electron chi connectivity index (χ4n) is 2.81. The Hall–Kier alpha value is -1.59. The lowest BCUT2D eigenvalue weighted by molar-refractivity contribution is 0.136. The maximum absolute atomic E-state index is 9.68. The summed E-state index contributed by atoms with van der Waals surface area (Å²) in [5, 5.41) is 19.3. The van der Waals surface area contributed by atoms with Gasteiger partial charge in [0.25, 0.3) is 0 Å². The summed E-state index contributed by atoms with van der Waals surface area (Å²) in [5.41, 5.74) is 1.67. The molecule has 2 atom stereocenters. The minimum Gasteiger partial charge on any atom is -0.393 e. The molecule has 5 nitrogen and oxygen atoms in total. The number of aliphatic hydroxyl groups is 2. The molecular weight excluding hydrogens is 242 g/mol.